The topological polar surface area (TPSA) is 65.3 Å². The molecule has 0 spiro atoms. The predicted molar refractivity (Wildman–Crippen MR) is 83.2 cm³/mol. The summed E-state index contributed by atoms with van der Waals surface area (Å²) in [4.78, 5) is 3.95. The summed E-state index contributed by atoms with van der Waals surface area (Å²) in [5.74, 6) is -1.92. The number of fused-ring (bicyclic) bond motifs is 2. The van der Waals surface area contributed by atoms with E-state index >= 15 is 0 Å². The zero-order valence-corrected chi connectivity index (χ0v) is 13.3. The molecule has 128 valence electrons. The highest BCUT2D eigenvalue weighted by molar-refractivity contribution is 5.61. The molecule has 3 aliphatic rings. The zero-order valence-electron chi connectivity index (χ0n) is 13.3. The maximum absolute atomic E-state index is 13.4. The van der Waals surface area contributed by atoms with E-state index in [2.05, 4.69) is 15.1 Å². The lowest BCUT2D eigenvalue weighted by atomic mass is 10.1. The van der Waals surface area contributed by atoms with Crippen LogP contribution in [0.3, 0.4) is 0 Å². The van der Waals surface area contributed by atoms with Gasteiger partial charge in [0.1, 0.15) is 6.07 Å². The number of morpholine rings is 1. The molecule has 1 aromatic heterocycles. The summed E-state index contributed by atoms with van der Waals surface area (Å²) in [6.45, 7) is 1.96. The summed E-state index contributed by atoms with van der Waals surface area (Å²) in [7, 11) is 0. The third kappa shape index (κ3) is 2.88. The Morgan fingerprint density at radius 3 is 2.42 bits per heavy atom. The molecule has 2 atom stereocenters. The molecule has 1 aromatic rings. The van der Waals surface area contributed by atoms with E-state index in [1.54, 1.807) is 0 Å². The lowest BCUT2D eigenvalue weighted by Gasteiger charge is -2.35. The van der Waals surface area contributed by atoms with E-state index in [0.29, 0.717) is 11.5 Å². The molecular weight excluding hydrogens is 316 g/mol. The third-order valence-corrected chi connectivity index (χ3v) is 5.07. The number of nitriles is 1. The number of anilines is 2. The normalized spacial score (nSPS) is 28.7. The Bertz CT molecular complexity index is 655. The Labute approximate surface area is 139 Å². The SMILES string of the molecule is N#Cc1nnc(N2CC3CCC(C2)O3)cc1N1CCC(F)(F)CC1. The van der Waals surface area contributed by atoms with Gasteiger partial charge in [-0.1, -0.05) is 0 Å². The van der Waals surface area contributed by atoms with Crippen LogP contribution in [0.25, 0.3) is 0 Å². The first kappa shape index (κ1) is 15.5. The third-order valence-electron chi connectivity index (χ3n) is 5.07. The van der Waals surface area contributed by atoms with E-state index in [4.69, 9.17) is 4.74 Å². The van der Waals surface area contributed by atoms with Gasteiger partial charge in [-0.15, -0.1) is 10.2 Å². The van der Waals surface area contributed by atoms with E-state index in [1.807, 2.05) is 17.0 Å². The Morgan fingerprint density at radius 2 is 1.79 bits per heavy atom. The van der Waals surface area contributed by atoms with Crippen molar-refractivity contribution in [3.8, 4) is 6.07 Å². The van der Waals surface area contributed by atoms with Crippen molar-refractivity contribution in [2.45, 2.75) is 43.8 Å². The summed E-state index contributed by atoms with van der Waals surface area (Å²) in [5, 5.41) is 17.5. The van der Waals surface area contributed by atoms with Gasteiger partial charge in [0.05, 0.1) is 17.9 Å². The molecule has 0 saturated carbocycles. The second-order valence-corrected chi connectivity index (χ2v) is 6.75. The van der Waals surface area contributed by atoms with Gasteiger partial charge < -0.3 is 14.5 Å². The minimum absolute atomic E-state index is 0.195. The van der Waals surface area contributed by atoms with Gasteiger partial charge in [0, 0.05) is 45.1 Å². The molecule has 2 unspecified atom stereocenters. The number of halogens is 2. The molecule has 3 fully saturated rings. The van der Waals surface area contributed by atoms with Gasteiger partial charge in [-0.25, -0.2) is 8.78 Å². The quantitative estimate of drug-likeness (QED) is 0.823. The molecule has 3 saturated heterocycles. The average Bonchev–Trinajstić information content (AvgIpc) is 2.92. The van der Waals surface area contributed by atoms with Crippen molar-refractivity contribution in [1.82, 2.24) is 10.2 Å². The molecule has 3 aliphatic heterocycles. The van der Waals surface area contributed by atoms with Crippen molar-refractivity contribution < 1.29 is 13.5 Å². The average molecular weight is 335 g/mol. The van der Waals surface area contributed by atoms with E-state index < -0.39 is 5.92 Å². The molecule has 0 N–H and O–H groups in total. The molecule has 24 heavy (non-hydrogen) atoms. The van der Waals surface area contributed by atoms with Gasteiger partial charge in [0.15, 0.2) is 11.5 Å². The summed E-state index contributed by atoms with van der Waals surface area (Å²) < 4.78 is 32.6. The highest BCUT2D eigenvalue weighted by Crippen LogP contribution is 2.34. The Morgan fingerprint density at radius 1 is 1.12 bits per heavy atom. The smallest absolute Gasteiger partial charge is 0.251 e. The summed E-state index contributed by atoms with van der Waals surface area (Å²) in [6.07, 6.45) is 2.16. The fourth-order valence-corrected chi connectivity index (χ4v) is 3.72. The lowest BCUT2D eigenvalue weighted by molar-refractivity contribution is -0.0220. The number of alkyl halides is 2. The van der Waals surface area contributed by atoms with E-state index in [9.17, 15) is 14.0 Å². The number of rotatable bonds is 2. The molecule has 0 aromatic carbocycles. The minimum atomic E-state index is -2.62. The number of ether oxygens (including phenoxy) is 1. The van der Waals surface area contributed by atoms with Crippen LogP contribution < -0.4 is 9.80 Å². The number of hydrogen-bond acceptors (Lipinski definition) is 6. The molecule has 6 nitrogen and oxygen atoms in total. The molecule has 8 heteroatoms. The van der Waals surface area contributed by atoms with Crippen molar-refractivity contribution in [3.05, 3.63) is 11.8 Å². The summed E-state index contributed by atoms with van der Waals surface area (Å²) in [6, 6.07) is 3.85. The predicted octanol–water partition coefficient (Wildman–Crippen LogP) is 1.95. The molecule has 4 heterocycles. The van der Waals surface area contributed by atoms with Crippen molar-refractivity contribution in [2.24, 2.45) is 0 Å². The van der Waals surface area contributed by atoms with Crippen LogP contribution in [0.5, 0.6) is 0 Å². The van der Waals surface area contributed by atoms with Crippen LogP contribution in [0.15, 0.2) is 6.07 Å². The maximum atomic E-state index is 13.4. The van der Waals surface area contributed by atoms with Gasteiger partial charge >= 0.3 is 0 Å². The van der Waals surface area contributed by atoms with Crippen LogP contribution in [0.1, 0.15) is 31.4 Å². The van der Waals surface area contributed by atoms with Crippen LogP contribution in [0, 0.1) is 11.3 Å². The van der Waals surface area contributed by atoms with Gasteiger partial charge in [-0.2, -0.15) is 5.26 Å². The molecule has 2 bridgehead atoms. The van der Waals surface area contributed by atoms with Crippen LogP contribution in [-0.4, -0.2) is 54.5 Å². The summed E-state index contributed by atoms with van der Waals surface area (Å²) in [5.41, 5.74) is 0.803. The molecular formula is C16H19F2N5O. The van der Waals surface area contributed by atoms with Gasteiger partial charge in [-0.05, 0) is 12.8 Å². The van der Waals surface area contributed by atoms with Crippen LogP contribution in [-0.2, 0) is 4.74 Å². The van der Waals surface area contributed by atoms with Crippen molar-refractivity contribution in [3.63, 3.8) is 0 Å². The second kappa shape index (κ2) is 5.81. The fourth-order valence-electron chi connectivity index (χ4n) is 3.72. The number of piperidine rings is 1. The number of nitrogens with zero attached hydrogens (tertiary/aromatic N) is 5. The lowest BCUT2D eigenvalue weighted by Crippen LogP contribution is -2.43. The van der Waals surface area contributed by atoms with Crippen LogP contribution >= 0.6 is 0 Å². The molecule has 0 aliphatic carbocycles. The van der Waals surface area contributed by atoms with E-state index in [0.717, 1.165) is 25.9 Å². The fraction of sp³-hybridized carbons (Fsp3) is 0.688. The second-order valence-electron chi connectivity index (χ2n) is 6.75. The van der Waals surface area contributed by atoms with Crippen LogP contribution in [0.2, 0.25) is 0 Å². The van der Waals surface area contributed by atoms with Crippen molar-refractivity contribution >= 4 is 11.5 Å². The first-order chi connectivity index (χ1) is 11.5. The molecule has 0 radical (unpaired) electrons. The van der Waals surface area contributed by atoms with Gasteiger partial charge in [0.2, 0.25) is 0 Å². The Hall–Kier alpha value is -2.01. The number of aromatic nitrogens is 2. The monoisotopic (exact) mass is 335 g/mol. The minimum Gasteiger partial charge on any atom is -0.371 e. The van der Waals surface area contributed by atoms with E-state index in [1.165, 1.54) is 0 Å². The van der Waals surface area contributed by atoms with Crippen LogP contribution in [0.4, 0.5) is 20.3 Å². The van der Waals surface area contributed by atoms with Gasteiger partial charge in [0.25, 0.3) is 5.92 Å². The standard InChI is InChI=1S/C16H19F2N5O/c17-16(18)3-5-22(6-4-16)14-7-15(21-20-13(14)8-19)23-9-11-1-2-12(10-23)24-11/h7,11-12H,1-6,9-10H2. The largest absolute Gasteiger partial charge is 0.371 e. The van der Waals surface area contributed by atoms with Crippen molar-refractivity contribution in [1.29, 1.82) is 5.26 Å². The first-order valence-electron chi connectivity index (χ1n) is 8.35. The highest BCUT2D eigenvalue weighted by atomic mass is 19.3. The summed E-state index contributed by atoms with van der Waals surface area (Å²) >= 11 is 0. The Kier molecular flexibility index (Phi) is 3.76. The van der Waals surface area contributed by atoms with Gasteiger partial charge in [-0.3, -0.25) is 0 Å². The molecule has 0 amide bonds. The number of hydrogen-bond donors (Lipinski definition) is 0. The Balaban J connectivity index is 1.58. The van der Waals surface area contributed by atoms with E-state index in [-0.39, 0.29) is 43.8 Å². The highest BCUT2D eigenvalue weighted by Gasteiger charge is 2.36. The zero-order chi connectivity index (χ0) is 16.7. The molecule has 4 rings (SSSR count). The van der Waals surface area contributed by atoms with Crippen molar-refractivity contribution in [2.75, 3.05) is 36.0 Å². The first-order valence-corrected chi connectivity index (χ1v) is 8.35. The maximum Gasteiger partial charge on any atom is 0.251 e.